The molecule has 0 saturated heterocycles. The van der Waals surface area contributed by atoms with Gasteiger partial charge in [-0.2, -0.15) is 0 Å². The molecular weight excluding hydrogens is 446 g/mol. The third-order valence-corrected chi connectivity index (χ3v) is 6.35. The number of nitrogens with one attached hydrogen (secondary N) is 1. The van der Waals surface area contributed by atoms with E-state index in [9.17, 15) is 9.59 Å². The Bertz CT molecular complexity index is 904. The zero-order chi connectivity index (χ0) is 25.8. The lowest BCUT2D eigenvalue weighted by Crippen LogP contribution is -2.47. The summed E-state index contributed by atoms with van der Waals surface area (Å²) >= 11 is 1.38. The summed E-state index contributed by atoms with van der Waals surface area (Å²) < 4.78 is 0. The highest BCUT2D eigenvalue weighted by Gasteiger charge is 2.29. The van der Waals surface area contributed by atoms with Crippen molar-refractivity contribution < 1.29 is 14.4 Å². The van der Waals surface area contributed by atoms with Crippen LogP contribution in [0, 0.1) is 12.8 Å². The van der Waals surface area contributed by atoms with Crippen molar-refractivity contribution in [3.05, 3.63) is 58.1 Å². The Hall–Kier alpha value is -2.22. The molecule has 1 amide bonds. The van der Waals surface area contributed by atoms with Crippen LogP contribution in [0.3, 0.4) is 0 Å². The summed E-state index contributed by atoms with van der Waals surface area (Å²) in [6, 6.07) is 7.43. The van der Waals surface area contributed by atoms with Crippen molar-refractivity contribution in [2.75, 3.05) is 26.5 Å². The Balaban J connectivity index is 3.60. The maximum Gasteiger partial charge on any atom is 0.254 e. The van der Waals surface area contributed by atoms with E-state index in [1.165, 1.54) is 11.8 Å². The lowest BCUT2D eigenvalue weighted by molar-refractivity contribution is -0.113. The van der Waals surface area contributed by atoms with E-state index in [0.717, 1.165) is 23.3 Å². The van der Waals surface area contributed by atoms with Gasteiger partial charge in [0, 0.05) is 24.4 Å². The standard InChI is InChI=1S/C27H41N3O3S/c1-10-23(24(18(2)3)29-25(19(4)5)26(34-9)21(7)31)30(17-11-16-28-33-8)27(32)22-14-12-20(6)13-15-22/h12-15,18,23,28H,4,10-11,16-17H2,1-3,5-9H3/b26-25+,29-24?. The molecule has 0 radical (unpaired) electrons. The van der Waals surface area contributed by atoms with Crippen molar-refractivity contribution in [2.45, 2.75) is 60.4 Å². The molecule has 1 aromatic rings. The SMILES string of the molecule is C=C(C)/C(N=C(C(C)C)C(CC)N(CCCNOC)C(=O)c1ccc(C)cc1)=C(\SC)C(C)=O. The van der Waals surface area contributed by atoms with Crippen molar-refractivity contribution in [3.8, 4) is 0 Å². The number of hydrogen-bond donors (Lipinski definition) is 1. The first-order chi connectivity index (χ1) is 16.1. The minimum Gasteiger partial charge on any atom is -0.330 e. The number of nitrogens with zero attached hydrogens (tertiary/aromatic N) is 2. The van der Waals surface area contributed by atoms with Gasteiger partial charge in [0.15, 0.2) is 5.78 Å². The average Bonchev–Trinajstić information content (AvgIpc) is 2.78. The first-order valence-corrected chi connectivity index (χ1v) is 13.0. The van der Waals surface area contributed by atoms with Gasteiger partial charge in [-0.15, -0.1) is 11.8 Å². The topological polar surface area (TPSA) is 71.0 Å². The normalized spacial score (nSPS) is 13.5. The van der Waals surface area contributed by atoms with E-state index in [2.05, 4.69) is 32.8 Å². The first-order valence-electron chi connectivity index (χ1n) is 11.8. The van der Waals surface area contributed by atoms with E-state index >= 15 is 0 Å². The molecular formula is C27H41N3O3S. The molecule has 6 nitrogen and oxygen atoms in total. The largest absolute Gasteiger partial charge is 0.330 e. The summed E-state index contributed by atoms with van der Waals surface area (Å²) in [7, 11) is 1.58. The van der Waals surface area contributed by atoms with E-state index in [1.54, 1.807) is 14.0 Å². The quantitative estimate of drug-likeness (QED) is 0.122. The molecule has 0 saturated carbocycles. The molecule has 7 heteroatoms. The van der Waals surface area contributed by atoms with Crippen LogP contribution >= 0.6 is 11.8 Å². The Morgan fingerprint density at radius 1 is 1.21 bits per heavy atom. The van der Waals surface area contributed by atoms with Crippen LogP contribution in [0.15, 0.2) is 52.0 Å². The molecule has 0 heterocycles. The van der Waals surface area contributed by atoms with Crippen LogP contribution < -0.4 is 5.48 Å². The number of ketones is 1. The van der Waals surface area contributed by atoms with Crippen molar-refractivity contribution >= 4 is 29.2 Å². The third-order valence-electron chi connectivity index (χ3n) is 5.46. The van der Waals surface area contributed by atoms with E-state index in [1.807, 2.05) is 49.3 Å². The molecule has 1 N–H and O–H groups in total. The molecule has 0 fully saturated rings. The van der Waals surface area contributed by atoms with Gasteiger partial charge in [-0.1, -0.05) is 45.0 Å². The summed E-state index contributed by atoms with van der Waals surface area (Å²) in [5.41, 5.74) is 6.81. The zero-order valence-electron chi connectivity index (χ0n) is 22.0. The van der Waals surface area contributed by atoms with Gasteiger partial charge in [-0.05, 0) is 63.5 Å². The number of aryl methyl sites for hydroxylation is 1. The maximum atomic E-state index is 13.7. The van der Waals surface area contributed by atoms with Crippen LogP contribution in [0.5, 0.6) is 0 Å². The van der Waals surface area contributed by atoms with Crippen LogP contribution in [-0.4, -0.2) is 54.8 Å². The number of amides is 1. The summed E-state index contributed by atoms with van der Waals surface area (Å²) in [4.78, 5) is 38.5. The number of aliphatic imine (C=N–C) groups is 1. The molecule has 188 valence electrons. The minimum atomic E-state index is -0.222. The van der Waals surface area contributed by atoms with Crippen molar-refractivity contribution in [2.24, 2.45) is 10.9 Å². The van der Waals surface area contributed by atoms with Crippen molar-refractivity contribution in [1.29, 1.82) is 0 Å². The molecule has 1 rings (SSSR count). The van der Waals surface area contributed by atoms with E-state index < -0.39 is 0 Å². The van der Waals surface area contributed by atoms with Crippen LogP contribution in [0.4, 0.5) is 0 Å². The maximum absolute atomic E-state index is 13.7. The van der Waals surface area contributed by atoms with E-state index in [4.69, 9.17) is 9.83 Å². The van der Waals surface area contributed by atoms with Crippen LogP contribution in [0.25, 0.3) is 0 Å². The lowest BCUT2D eigenvalue weighted by Gasteiger charge is -2.34. The number of Topliss-reactive ketones (excluding diaryl/α,β-unsaturated/α-hetero) is 1. The number of hydrogen-bond acceptors (Lipinski definition) is 6. The molecule has 0 aliphatic heterocycles. The van der Waals surface area contributed by atoms with Gasteiger partial charge in [0.1, 0.15) is 0 Å². The fourth-order valence-electron chi connectivity index (χ4n) is 3.74. The molecule has 0 bridgehead atoms. The average molecular weight is 488 g/mol. The molecule has 0 aromatic heterocycles. The Kier molecular flexibility index (Phi) is 13.1. The Morgan fingerprint density at radius 2 is 1.82 bits per heavy atom. The smallest absolute Gasteiger partial charge is 0.254 e. The third kappa shape index (κ3) is 8.53. The number of thioether (sulfide) groups is 1. The van der Waals surface area contributed by atoms with Gasteiger partial charge in [0.25, 0.3) is 5.91 Å². The molecule has 0 spiro atoms. The van der Waals surface area contributed by atoms with Crippen molar-refractivity contribution in [1.82, 2.24) is 10.4 Å². The fourth-order valence-corrected chi connectivity index (χ4v) is 4.44. The number of hydroxylamine groups is 1. The van der Waals surface area contributed by atoms with Gasteiger partial charge in [0.05, 0.1) is 23.8 Å². The van der Waals surface area contributed by atoms with Gasteiger partial charge in [0.2, 0.25) is 0 Å². The highest BCUT2D eigenvalue weighted by atomic mass is 32.2. The number of benzene rings is 1. The van der Waals surface area contributed by atoms with E-state index in [-0.39, 0.29) is 23.7 Å². The van der Waals surface area contributed by atoms with Gasteiger partial charge in [-0.3, -0.25) is 14.6 Å². The summed E-state index contributed by atoms with van der Waals surface area (Å²) in [5.74, 6) is -0.00135. The monoisotopic (exact) mass is 487 g/mol. The Morgan fingerprint density at radius 3 is 2.26 bits per heavy atom. The first kappa shape index (κ1) is 29.8. The number of rotatable bonds is 14. The predicted molar refractivity (Wildman–Crippen MR) is 144 cm³/mol. The highest BCUT2D eigenvalue weighted by Crippen LogP contribution is 2.27. The van der Waals surface area contributed by atoms with Crippen molar-refractivity contribution in [3.63, 3.8) is 0 Å². The lowest BCUT2D eigenvalue weighted by atomic mass is 9.95. The molecule has 1 atom stereocenters. The molecule has 0 aliphatic rings. The second-order valence-corrected chi connectivity index (χ2v) is 9.47. The molecule has 1 unspecified atom stereocenters. The number of carbonyl (C=O) groups is 2. The fraction of sp³-hybridized carbons (Fsp3) is 0.519. The molecule has 1 aromatic carbocycles. The van der Waals surface area contributed by atoms with Crippen LogP contribution in [0.2, 0.25) is 0 Å². The highest BCUT2D eigenvalue weighted by molar-refractivity contribution is 8.03. The second kappa shape index (κ2) is 14.9. The number of allylic oxidation sites excluding steroid dienone is 2. The minimum absolute atomic E-state index is 0.0323. The van der Waals surface area contributed by atoms with Gasteiger partial charge >= 0.3 is 0 Å². The van der Waals surface area contributed by atoms with Crippen LogP contribution in [0.1, 0.15) is 63.4 Å². The van der Waals surface area contributed by atoms with E-state index in [0.29, 0.717) is 35.7 Å². The van der Waals surface area contributed by atoms with Crippen LogP contribution in [-0.2, 0) is 9.63 Å². The predicted octanol–water partition coefficient (Wildman–Crippen LogP) is 5.59. The number of carbonyl (C=O) groups excluding carboxylic acids is 2. The van der Waals surface area contributed by atoms with Gasteiger partial charge < -0.3 is 9.74 Å². The van der Waals surface area contributed by atoms with Gasteiger partial charge in [-0.25, -0.2) is 5.48 Å². The summed E-state index contributed by atoms with van der Waals surface area (Å²) in [6.07, 6.45) is 3.29. The Labute approximate surface area is 209 Å². The summed E-state index contributed by atoms with van der Waals surface area (Å²) in [6.45, 7) is 16.9. The summed E-state index contributed by atoms with van der Waals surface area (Å²) in [5, 5.41) is 0. The molecule has 0 aliphatic carbocycles. The zero-order valence-corrected chi connectivity index (χ0v) is 22.8. The second-order valence-electron chi connectivity index (χ2n) is 8.65. The molecule has 34 heavy (non-hydrogen) atoms.